The van der Waals surface area contributed by atoms with Crippen LogP contribution in [0.4, 0.5) is 0 Å². The fourth-order valence-corrected chi connectivity index (χ4v) is 3.65. The zero-order valence-corrected chi connectivity index (χ0v) is 15.4. The average molecular weight is 376 g/mol. The van der Waals surface area contributed by atoms with Crippen molar-refractivity contribution in [1.82, 2.24) is 15.6 Å². The molecule has 0 bridgehead atoms. The molecule has 2 fully saturated rings. The van der Waals surface area contributed by atoms with Crippen molar-refractivity contribution in [3.05, 3.63) is 64.5 Å². The molecule has 1 aliphatic carbocycles. The van der Waals surface area contributed by atoms with Crippen LogP contribution in [0, 0.1) is 23.2 Å². The van der Waals surface area contributed by atoms with Gasteiger partial charge in [0.15, 0.2) is 0 Å². The third-order valence-corrected chi connectivity index (χ3v) is 5.32. The van der Waals surface area contributed by atoms with Gasteiger partial charge in [0.1, 0.15) is 5.69 Å². The summed E-state index contributed by atoms with van der Waals surface area (Å²) in [5.74, 6) is 0.269. The van der Waals surface area contributed by atoms with E-state index in [9.17, 15) is 9.59 Å². The molecule has 1 aromatic carbocycles. The van der Waals surface area contributed by atoms with Crippen molar-refractivity contribution in [2.24, 2.45) is 11.8 Å². The second-order valence-corrected chi connectivity index (χ2v) is 7.16. The number of fused-ring (bicyclic) bond motifs is 1. The van der Waals surface area contributed by atoms with Gasteiger partial charge in [-0.3, -0.25) is 9.59 Å². The molecule has 1 aromatic heterocycles. The van der Waals surface area contributed by atoms with Crippen LogP contribution in [0.3, 0.4) is 0 Å². The van der Waals surface area contributed by atoms with Gasteiger partial charge in [-0.25, -0.2) is 4.98 Å². The van der Waals surface area contributed by atoms with E-state index >= 15 is 0 Å². The van der Waals surface area contributed by atoms with Gasteiger partial charge in [-0.15, -0.1) is 0 Å². The second kappa shape index (κ2) is 7.41. The third kappa shape index (κ3) is 3.59. The lowest BCUT2D eigenvalue weighted by Crippen LogP contribution is -2.30. The lowest BCUT2D eigenvalue weighted by molar-refractivity contribution is 0.0928. The number of nitrogens with zero attached hydrogens (tertiary/aromatic N) is 2. The van der Waals surface area contributed by atoms with E-state index in [-0.39, 0.29) is 23.6 Å². The summed E-state index contributed by atoms with van der Waals surface area (Å²) < 4.78 is 5.36. The van der Waals surface area contributed by atoms with Gasteiger partial charge in [0.2, 0.25) is 0 Å². The normalized spacial score (nSPS) is 22.1. The van der Waals surface area contributed by atoms with Crippen molar-refractivity contribution in [2.45, 2.75) is 12.5 Å². The second-order valence-electron chi connectivity index (χ2n) is 7.16. The van der Waals surface area contributed by atoms with Crippen LogP contribution in [0.5, 0.6) is 0 Å². The molecule has 2 aliphatic rings. The number of aromatic nitrogens is 1. The number of hydrogen-bond acceptors (Lipinski definition) is 5. The maximum atomic E-state index is 12.7. The summed E-state index contributed by atoms with van der Waals surface area (Å²) in [7, 11) is 1.53. The molecule has 4 rings (SSSR count). The summed E-state index contributed by atoms with van der Waals surface area (Å²) in [5.41, 5.74) is 2.77. The predicted molar refractivity (Wildman–Crippen MR) is 101 cm³/mol. The van der Waals surface area contributed by atoms with E-state index in [0.717, 1.165) is 5.56 Å². The number of nitriles is 1. The topological polar surface area (TPSA) is 104 Å². The number of carbonyl (C=O) groups is 2. The molecule has 1 saturated heterocycles. The molecule has 1 saturated carbocycles. The molecule has 2 heterocycles. The number of rotatable bonds is 5. The Bertz CT molecular complexity index is 955. The Morgan fingerprint density at radius 2 is 1.89 bits per heavy atom. The van der Waals surface area contributed by atoms with Gasteiger partial charge in [0.25, 0.3) is 11.8 Å². The first-order valence-corrected chi connectivity index (χ1v) is 9.19. The molecule has 2 unspecified atom stereocenters. The molecule has 7 heteroatoms. The Morgan fingerprint density at radius 3 is 2.54 bits per heavy atom. The Kier molecular flexibility index (Phi) is 4.80. The number of pyridine rings is 1. The van der Waals surface area contributed by atoms with Crippen LogP contribution in [0.15, 0.2) is 36.4 Å². The van der Waals surface area contributed by atoms with Crippen LogP contribution < -0.4 is 10.6 Å². The highest BCUT2D eigenvalue weighted by Gasteiger charge is 2.54. The summed E-state index contributed by atoms with van der Waals surface area (Å²) in [6.45, 7) is 1.39. The molecule has 2 N–H and O–H groups in total. The molecule has 2 atom stereocenters. The van der Waals surface area contributed by atoms with E-state index in [0.29, 0.717) is 48.3 Å². The van der Waals surface area contributed by atoms with Crippen molar-refractivity contribution >= 4 is 11.8 Å². The lowest BCUT2D eigenvalue weighted by Gasteiger charge is -2.11. The van der Waals surface area contributed by atoms with Crippen molar-refractivity contribution in [1.29, 1.82) is 5.26 Å². The van der Waals surface area contributed by atoms with Gasteiger partial charge in [-0.1, -0.05) is 12.1 Å². The van der Waals surface area contributed by atoms with E-state index < -0.39 is 0 Å². The van der Waals surface area contributed by atoms with Gasteiger partial charge < -0.3 is 15.4 Å². The Balaban J connectivity index is 1.56. The van der Waals surface area contributed by atoms with E-state index in [1.807, 2.05) is 12.1 Å². The fraction of sp³-hybridized carbons (Fsp3) is 0.333. The van der Waals surface area contributed by atoms with Gasteiger partial charge >= 0.3 is 0 Å². The van der Waals surface area contributed by atoms with Crippen molar-refractivity contribution in [2.75, 3.05) is 20.3 Å². The molecular weight excluding hydrogens is 356 g/mol. The first-order valence-electron chi connectivity index (χ1n) is 9.19. The standard InChI is InChI=1S/C21H20N4O3/c1-23-21(27)18-8-14(20(26)25-19-16-10-28-11-17(16)19)7-15(24-18)6-12-2-4-13(9-22)5-3-12/h2-5,7-8,16-17,19H,6,10-11H2,1H3,(H,23,27)(H,25,26). The minimum absolute atomic E-state index is 0.153. The Labute approximate surface area is 162 Å². The van der Waals surface area contributed by atoms with E-state index in [1.54, 1.807) is 18.2 Å². The molecule has 142 valence electrons. The zero-order chi connectivity index (χ0) is 19.7. The SMILES string of the molecule is CNC(=O)c1cc(C(=O)NC2C3COCC32)cc(Cc2ccc(C#N)cc2)n1. The summed E-state index contributed by atoms with van der Waals surface area (Å²) >= 11 is 0. The number of nitrogens with one attached hydrogen (secondary N) is 2. The highest BCUT2D eigenvalue weighted by molar-refractivity contribution is 5.98. The number of carbonyl (C=O) groups excluding carboxylic acids is 2. The van der Waals surface area contributed by atoms with E-state index in [4.69, 9.17) is 10.00 Å². The van der Waals surface area contributed by atoms with Crippen molar-refractivity contribution < 1.29 is 14.3 Å². The molecule has 28 heavy (non-hydrogen) atoms. The summed E-state index contributed by atoms with van der Waals surface area (Å²) in [5, 5.41) is 14.5. The van der Waals surface area contributed by atoms with Gasteiger partial charge in [-0.05, 0) is 29.8 Å². The smallest absolute Gasteiger partial charge is 0.269 e. The molecule has 7 nitrogen and oxygen atoms in total. The van der Waals surface area contributed by atoms with Crippen LogP contribution in [0.25, 0.3) is 0 Å². The highest BCUT2D eigenvalue weighted by Crippen LogP contribution is 2.44. The first kappa shape index (κ1) is 18.1. The summed E-state index contributed by atoms with van der Waals surface area (Å²) in [4.78, 5) is 29.2. The van der Waals surface area contributed by atoms with Crippen LogP contribution in [-0.4, -0.2) is 43.1 Å². The first-order chi connectivity index (χ1) is 13.6. The quantitative estimate of drug-likeness (QED) is 0.818. The van der Waals surface area contributed by atoms with Crippen molar-refractivity contribution in [3.63, 3.8) is 0 Å². The summed E-state index contributed by atoms with van der Waals surface area (Å²) in [6, 6.07) is 12.6. The maximum Gasteiger partial charge on any atom is 0.269 e. The van der Waals surface area contributed by atoms with Crippen LogP contribution in [0.1, 0.15) is 37.7 Å². The van der Waals surface area contributed by atoms with E-state index in [2.05, 4.69) is 21.7 Å². The van der Waals surface area contributed by atoms with E-state index in [1.165, 1.54) is 13.1 Å². The summed E-state index contributed by atoms with van der Waals surface area (Å²) in [6.07, 6.45) is 0.458. The zero-order valence-electron chi connectivity index (χ0n) is 15.4. The Morgan fingerprint density at radius 1 is 1.18 bits per heavy atom. The average Bonchev–Trinajstić information content (AvgIpc) is 3.13. The Hall–Kier alpha value is -3.24. The number of benzene rings is 1. The van der Waals surface area contributed by atoms with Crippen LogP contribution in [-0.2, 0) is 11.2 Å². The van der Waals surface area contributed by atoms with Crippen LogP contribution >= 0.6 is 0 Å². The molecular formula is C21H20N4O3. The van der Waals surface area contributed by atoms with Gasteiger partial charge in [0.05, 0.1) is 24.8 Å². The minimum atomic E-state index is -0.340. The fourth-order valence-electron chi connectivity index (χ4n) is 3.65. The van der Waals surface area contributed by atoms with Gasteiger partial charge in [-0.2, -0.15) is 5.26 Å². The predicted octanol–water partition coefficient (Wildman–Crippen LogP) is 1.28. The van der Waals surface area contributed by atoms with Crippen LogP contribution in [0.2, 0.25) is 0 Å². The third-order valence-electron chi connectivity index (χ3n) is 5.32. The lowest BCUT2D eigenvalue weighted by atomic mass is 10.0. The maximum absolute atomic E-state index is 12.7. The number of hydrogen-bond donors (Lipinski definition) is 2. The van der Waals surface area contributed by atoms with Crippen molar-refractivity contribution in [3.8, 4) is 6.07 Å². The molecule has 2 aromatic rings. The number of amides is 2. The monoisotopic (exact) mass is 376 g/mol. The molecule has 1 aliphatic heterocycles. The molecule has 2 amide bonds. The minimum Gasteiger partial charge on any atom is -0.381 e. The largest absolute Gasteiger partial charge is 0.381 e. The highest BCUT2D eigenvalue weighted by atomic mass is 16.5. The molecule has 0 spiro atoms. The molecule has 0 radical (unpaired) electrons. The van der Waals surface area contributed by atoms with Gasteiger partial charge in [0, 0.05) is 42.6 Å². The number of ether oxygens (including phenoxy) is 1.